The Morgan fingerprint density at radius 1 is 1.10 bits per heavy atom. The Labute approximate surface area is 183 Å². The van der Waals surface area contributed by atoms with Crippen LogP contribution in [0.15, 0.2) is 66.0 Å². The molecule has 2 aromatic carbocycles. The summed E-state index contributed by atoms with van der Waals surface area (Å²) in [7, 11) is 1.82. The summed E-state index contributed by atoms with van der Waals surface area (Å²) in [6.07, 6.45) is 1.65. The van der Waals surface area contributed by atoms with Gasteiger partial charge in [0.1, 0.15) is 6.07 Å². The van der Waals surface area contributed by atoms with Gasteiger partial charge in [-0.25, -0.2) is 4.98 Å². The van der Waals surface area contributed by atoms with E-state index in [1.165, 1.54) is 18.3 Å². The van der Waals surface area contributed by atoms with E-state index in [2.05, 4.69) is 21.3 Å². The molecular weight excluding hydrogens is 408 g/mol. The molecule has 4 aromatic rings. The minimum atomic E-state index is -0.141. The van der Waals surface area contributed by atoms with Crippen LogP contribution in [0.25, 0.3) is 23.0 Å². The first-order chi connectivity index (χ1) is 15.1. The lowest BCUT2D eigenvalue weighted by atomic mass is 10.2. The van der Waals surface area contributed by atoms with E-state index >= 15 is 0 Å². The van der Waals surface area contributed by atoms with Gasteiger partial charge in [-0.05, 0) is 18.2 Å². The monoisotopic (exact) mass is 426 g/mol. The number of aromatic nitrogens is 4. The Balaban J connectivity index is 1.68. The number of allylic oxidation sites excluding steroid dienone is 1. The molecule has 0 saturated carbocycles. The predicted molar refractivity (Wildman–Crippen MR) is 121 cm³/mol. The second-order valence-electron chi connectivity index (χ2n) is 6.69. The van der Waals surface area contributed by atoms with E-state index in [4.69, 9.17) is 0 Å². The van der Waals surface area contributed by atoms with Gasteiger partial charge in [-0.2, -0.15) is 5.26 Å². The highest BCUT2D eigenvalue weighted by Crippen LogP contribution is 2.30. The van der Waals surface area contributed by atoms with Gasteiger partial charge >= 0.3 is 0 Å². The van der Waals surface area contributed by atoms with Crippen LogP contribution >= 0.6 is 11.3 Å². The van der Waals surface area contributed by atoms with Gasteiger partial charge in [0.2, 0.25) is 5.91 Å². The second kappa shape index (κ2) is 8.73. The van der Waals surface area contributed by atoms with Gasteiger partial charge in [0, 0.05) is 24.9 Å². The third-order valence-corrected chi connectivity index (χ3v) is 5.43. The topological polar surface area (TPSA) is 87.7 Å². The maximum atomic E-state index is 12.2. The van der Waals surface area contributed by atoms with E-state index < -0.39 is 0 Å². The molecule has 0 unspecified atom stereocenters. The van der Waals surface area contributed by atoms with Crippen molar-refractivity contribution in [1.82, 2.24) is 19.7 Å². The predicted octanol–water partition coefficient (Wildman–Crippen LogP) is 4.69. The van der Waals surface area contributed by atoms with E-state index in [0.29, 0.717) is 28.0 Å². The summed E-state index contributed by atoms with van der Waals surface area (Å²) in [4.78, 5) is 18.3. The minimum absolute atomic E-state index is 0.141. The van der Waals surface area contributed by atoms with Crippen LogP contribution in [0.4, 0.5) is 10.8 Å². The highest BCUT2D eigenvalue weighted by molar-refractivity contribution is 7.14. The molecule has 8 heteroatoms. The lowest BCUT2D eigenvalue weighted by Gasteiger charge is -2.17. The first-order valence-electron chi connectivity index (χ1n) is 9.46. The largest absolute Gasteiger partial charge is 0.310 e. The lowest BCUT2D eigenvalue weighted by Crippen LogP contribution is -2.22. The van der Waals surface area contributed by atoms with Crippen molar-refractivity contribution in [3.05, 3.63) is 77.6 Å². The second-order valence-corrected chi connectivity index (χ2v) is 7.52. The average Bonchev–Trinajstić information content (AvgIpc) is 3.40. The molecule has 7 nitrogen and oxygen atoms in total. The third-order valence-electron chi connectivity index (χ3n) is 4.59. The van der Waals surface area contributed by atoms with E-state index in [-0.39, 0.29) is 5.91 Å². The first-order valence-corrected chi connectivity index (χ1v) is 10.3. The molecule has 0 aliphatic rings. The van der Waals surface area contributed by atoms with Crippen molar-refractivity contribution < 1.29 is 4.79 Å². The molecule has 4 rings (SSSR count). The summed E-state index contributed by atoms with van der Waals surface area (Å²) < 4.78 is 1.78. The van der Waals surface area contributed by atoms with Crippen LogP contribution < -0.4 is 4.90 Å². The van der Waals surface area contributed by atoms with Crippen molar-refractivity contribution in [3.8, 4) is 17.5 Å². The maximum Gasteiger partial charge on any atom is 0.230 e. The number of nitriles is 1. The van der Waals surface area contributed by atoms with E-state index in [0.717, 1.165) is 11.3 Å². The van der Waals surface area contributed by atoms with Gasteiger partial charge < -0.3 is 4.57 Å². The van der Waals surface area contributed by atoms with E-state index in [1.54, 1.807) is 20.9 Å². The molecule has 0 bridgehead atoms. The zero-order valence-electron chi connectivity index (χ0n) is 16.9. The number of benzene rings is 2. The highest BCUT2D eigenvalue weighted by atomic mass is 32.1. The molecule has 2 heterocycles. The maximum absolute atomic E-state index is 12.2. The molecule has 0 N–H and O–H groups in total. The first kappa shape index (κ1) is 20.2. The number of para-hydroxylation sites is 1. The smallest absolute Gasteiger partial charge is 0.230 e. The minimum Gasteiger partial charge on any atom is -0.310 e. The molecule has 1 amide bonds. The van der Waals surface area contributed by atoms with Crippen molar-refractivity contribution in [2.24, 2.45) is 7.05 Å². The fourth-order valence-corrected chi connectivity index (χ4v) is 3.99. The normalized spacial score (nSPS) is 11.2. The molecule has 2 aromatic heterocycles. The standard InChI is InChI=1S/C23H18N6OS/c1-16(30)29(20-11-7-4-8-12-20)23-25-19(15-31-23)13-18(14-24)22-27-26-21(28(22)2)17-9-5-3-6-10-17/h3-13,15H,1-2H3/b18-13-. The highest BCUT2D eigenvalue weighted by Gasteiger charge is 2.19. The molecule has 152 valence electrons. The van der Waals surface area contributed by atoms with Crippen LogP contribution in [0.2, 0.25) is 0 Å². The number of hydrogen-bond acceptors (Lipinski definition) is 6. The fourth-order valence-electron chi connectivity index (χ4n) is 3.15. The molecule has 31 heavy (non-hydrogen) atoms. The van der Waals surface area contributed by atoms with Crippen LogP contribution in [0.5, 0.6) is 0 Å². The Kier molecular flexibility index (Phi) is 5.69. The van der Waals surface area contributed by atoms with Gasteiger partial charge in [-0.3, -0.25) is 9.69 Å². The number of nitrogens with zero attached hydrogens (tertiary/aromatic N) is 6. The quantitative estimate of drug-likeness (QED) is 0.432. The van der Waals surface area contributed by atoms with Gasteiger partial charge in [0.15, 0.2) is 16.8 Å². The van der Waals surface area contributed by atoms with Crippen molar-refractivity contribution in [1.29, 1.82) is 5.26 Å². The lowest BCUT2D eigenvalue weighted by molar-refractivity contribution is -0.115. The number of hydrogen-bond donors (Lipinski definition) is 0. The number of rotatable bonds is 5. The van der Waals surface area contributed by atoms with Crippen LogP contribution in [0.1, 0.15) is 18.4 Å². The van der Waals surface area contributed by atoms with Gasteiger partial charge in [-0.15, -0.1) is 21.5 Å². The van der Waals surface area contributed by atoms with Crippen molar-refractivity contribution in [2.75, 3.05) is 4.90 Å². The summed E-state index contributed by atoms with van der Waals surface area (Å²) in [5.74, 6) is 0.974. The van der Waals surface area contributed by atoms with Crippen LogP contribution in [-0.4, -0.2) is 25.7 Å². The van der Waals surface area contributed by atoms with Crippen molar-refractivity contribution >= 4 is 39.7 Å². The Bertz CT molecular complexity index is 1280. The molecule has 0 radical (unpaired) electrons. The zero-order valence-corrected chi connectivity index (χ0v) is 17.7. The van der Waals surface area contributed by atoms with E-state index in [9.17, 15) is 10.1 Å². The third kappa shape index (κ3) is 4.13. The molecule has 0 spiro atoms. The molecular formula is C23H18N6OS. The van der Waals surface area contributed by atoms with Crippen molar-refractivity contribution in [3.63, 3.8) is 0 Å². The number of amides is 1. The van der Waals surface area contributed by atoms with Gasteiger partial charge in [0.05, 0.1) is 17.0 Å². The molecule has 0 atom stereocenters. The summed E-state index contributed by atoms with van der Waals surface area (Å²) in [6, 6.07) is 21.2. The summed E-state index contributed by atoms with van der Waals surface area (Å²) in [5, 5.41) is 20.5. The Hall–Kier alpha value is -4.09. The van der Waals surface area contributed by atoms with Crippen molar-refractivity contribution in [2.45, 2.75) is 6.92 Å². The number of thiazole rings is 1. The van der Waals surface area contributed by atoms with Crippen LogP contribution in [-0.2, 0) is 11.8 Å². The fraction of sp³-hybridized carbons (Fsp3) is 0.0870. The van der Waals surface area contributed by atoms with E-state index in [1.807, 2.05) is 67.7 Å². The van der Waals surface area contributed by atoms with Gasteiger partial charge in [0.25, 0.3) is 0 Å². The molecule has 0 aliphatic carbocycles. The number of carbonyl (C=O) groups excluding carboxylic acids is 1. The molecule has 0 saturated heterocycles. The average molecular weight is 427 g/mol. The molecule has 0 fully saturated rings. The number of carbonyl (C=O) groups is 1. The Morgan fingerprint density at radius 3 is 2.42 bits per heavy atom. The summed E-state index contributed by atoms with van der Waals surface area (Å²) in [6.45, 7) is 1.50. The van der Waals surface area contributed by atoms with Crippen LogP contribution in [0, 0.1) is 11.3 Å². The van der Waals surface area contributed by atoms with Gasteiger partial charge in [-0.1, -0.05) is 48.5 Å². The zero-order chi connectivity index (χ0) is 21.8. The molecule has 0 aliphatic heterocycles. The van der Waals surface area contributed by atoms with Crippen LogP contribution in [0.3, 0.4) is 0 Å². The SMILES string of the molecule is CC(=O)N(c1ccccc1)c1nc(/C=C(/C#N)c2nnc(-c3ccccc3)n2C)cs1. The Morgan fingerprint density at radius 2 is 1.77 bits per heavy atom. The summed E-state index contributed by atoms with van der Waals surface area (Å²) >= 11 is 1.33. The number of anilines is 2. The summed E-state index contributed by atoms with van der Waals surface area (Å²) in [5.41, 5.74) is 2.56.